The van der Waals surface area contributed by atoms with E-state index in [9.17, 15) is 25.2 Å². The zero-order valence-corrected chi connectivity index (χ0v) is 17.4. The molecule has 0 bridgehead atoms. The number of esters is 1. The summed E-state index contributed by atoms with van der Waals surface area (Å²) in [5.74, 6) is -0.424. The molecule has 29 heavy (non-hydrogen) atoms. The number of aliphatic hydroxyl groups excluding tert-OH is 4. The molecule has 1 aromatic rings. The largest absolute Gasteiger partial charge is 0.461 e. The van der Waals surface area contributed by atoms with E-state index in [0.717, 1.165) is 13.1 Å². The fourth-order valence-electron chi connectivity index (χ4n) is 2.98. The van der Waals surface area contributed by atoms with Gasteiger partial charge in [-0.1, -0.05) is 13.8 Å². The maximum absolute atomic E-state index is 12.1. The molecule has 1 aliphatic rings. The van der Waals surface area contributed by atoms with Crippen LogP contribution in [0.2, 0.25) is 0 Å². The summed E-state index contributed by atoms with van der Waals surface area (Å²) < 4.78 is 10.7. The lowest BCUT2D eigenvalue weighted by atomic mass is 9.98. The van der Waals surface area contributed by atoms with Crippen LogP contribution in [0, 0.1) is 0 Å². The van der Waals surface area contributed by atoms with Gasteiger partial charge in [-0.15, -0.1) is 12.4 Å². The van der Waals surface area contributed by atoms with E-state index in [2.05, 4.69) is 10.2 Å². The second kappa shape index (κ2) is 12.3. The number of aliphatic hydroxyl groups is 4. The molecule has 5 atom stereocenters. The Morgan fingerprint density at radius 3 is 2.28 bits per heavy atom. The van der Waals surface area contributed by atoms with Crippen molar-refractivity contribution in [2.24, 2.45) is 0 Å². The van der Waals surface area contributed by atoms with Crippen LogP contribution in [-0.2, 0) is 9.47 Å². The molecule has 1 saturated heterocycles. The Hall–Kier alpha value is -1.46. The van der Waals surface area contributed by atoms with Crippen molar-refractivity contribution in [2.75, 3.05) is 38.2 Å². The van der Waals surface area contributed by atoms with Crippen molar-refractivity contribution in [1.29, 1.82) is 0 Å². The summed E-state index contributed by atoms with van der Waals surface area (Å²) in [7, 11) is 0. The molecule has 1 fully saturated rings. The number of hydrogen-bond acceptors (Lipinski definition) is 9. The third kappa shape index (κ3) is 6.78. The van der Waals surface area contributed by atoms with Gasteiger partial charge >= 0.3 is 5.97 Å². The first-order chi connectivity index (χ1) is 13.4. The summed E-state index contributed by atoms with van der Waals surface area (Å²) in [5.41, 5.74) is 0.919. The lowest BCUT2D eigenvalue weighted by Crippen LogP contribution is -2.60. The number of rotatable bonds is 9. The molecule has 166 valence electrons. The fourth-order valence-corrected chi connectivity index (χ4v) is 2.98. The summed E-state index contributed by atoms with van der Waals surface area (Å²) >= 11 is 0. The van der Waals surface area contributed by atoms with Gasteiger partial charge in [0, 0.05) is 12.2 Å². The maximum atomic E-state index is 12.1. The van der Waals surface area contributed by atoms with Gasteiger partial charge in [-0.3, -0.25) is 0 Å². The molecule has 1 aliphatic heterocycles. The molecule has 0 unspecified atom stereocenters. The number of benzene rings is 1. The number of likely N-dealkylation sites (N-methyl/N-ethyl adjacent to an activating group) is 1. The number of ether oxygens (including phenoxy) is 2. The summed E-state index contributed by atoms with van der Waals surface area (Å²) in [6.07, 6.45) is -6.27. The van der Waals surface area contributed by atoms with Gasteiger partial charge in [0.25, 0.3) is 0 Å². The normalized spacial score (nSPS) is 26.7. The molecule has 9 nitrogen and oxygen atoms in total. The number of carbonyl (C=O) groups excluding carboxylic acids is 1. The number of halogens is 1. The van der Waals surface area contributed by atoms with Crippen molar-refractivity contribution in [1.82, 2.24) is 4.90 Å². The average Bonchev–Trinajstić information content (AvgIpc) is 2.72. The zero-order valence-electron chi connectivity index (χ0n) is 16.6. The Kier molecular flexibility index (Phi) is 10.8. The van der Waals surface area contributed by atoms with Gasteiger partial charge in [0.15, 0.2) is 6.23 Å². The highest BCUT2D eigenvalue weighted by Crippen LogP contribution is 2.23. The van der Waals surface area contributed by atoms with Crippen LogP contribution in [0.15, 0.2) is 24.3 Å². The first-order valence-corrected chi connectivity index (χ1v) is 9.47. The number of carbonyl (C=O) groups is 1. The quantitative estimate of drug-likeness (QED) is 0.336. The Morgan fingerprint density at radius 2 is 1.72 bits per heavy atom. The third-order valence-electron chi connectivity index (χ3n) is 4.86. The van der Waals surface area contributed by atoms with Gasteiger partial charge in [0.1, 0.15) is 31.0 Å². The Bertz CT molecular complexity index is 613. The van der Waals surface area contributed by atoms with Gasteiger partial charge in [0.05, 0.1) is 12.2 Å². The predicted octanol–water partition coefficient (Wildman–Crippen LogP) is -0.181. The molecule has 0 spiro atoms. The molecule has 2 rings (SSSR count). The van der Waals surface area contributed by atoms with Crippen LogP contribution in [0.4, 0.5) is 5.69 Å². The van der Waals surface area contributed by atoms with E-state index in [0.29, 0.717) is 24.4 Å². The molecule has 5 N–H and O–H groups in total. The van der Waals surface area contributed by atoms with Gasteiger partial charge in [-0.25, -0.2) is 4.79 Å². The van der Waals surface area contributed by atoms with E-state index in [1.54, 1.807) is 24.3 Å². The molecule has 0 aromatic heterocycles. The van der Waals surface area contributed by atoms with Crippen LogP contribution in [-0.4, -0.2) is 94.8 Å². The van der Waals surface area contributed by atoms with Crippen LogP contribution < -0.4 is 5.32 Å². The first kappa shape index (κ1) is 25.6. The van der Waals surface area contributed by atoms with Crippen molar-refractivity contribution < 1.29 is 34.7 Å². The zero-order chi connectivity index (χ0) is 20.7. The van der Waals surface area contributed by atoms with Crippen LogP contribution in [0.3, 0.4) is 0 Å². The molecular weight excluding hydrogens is 404 g/mol. The minimum atomic E-state index is -1.46. The summed E-state index contributed by atoms with van der Waals surface area (Å²) in [4.78, 5) is 14.3. The summed E-state index contributed by atoms with van der Waals surface area (Å²) in [6, 6.07) is 6.38. The van der Waals surface area contributed by atoms with E-state index >= 15 is 0 Å². The van der Waals surface area contributed by atoms with Gasteiger partial charge in [-0.2, -0.15) is 0 Å². The standard InChI is InChI=1S/C19H30N2O7.ClH/c1-3-21(4-2)9-10-27-19(26)12-5-7-13(8-6-12)20-18-17(25)16(24)15(23)14(11-22)28-18;/h5-8,14-18,20,22-25H,3-4,9-11H2,1-2H3;1H/t14-,15-,16+,17-,18-;/m1./s1. The minimum Gasteiger partial charge on any atom is -0.461 e. The van der Waals surface area contributed by atoms with E-state index in [1.807, 2.05) is 13.8 Å². The van der Waals surface area contributed by atoms with Crippen molar-refractivity contribution >= 4 is 24.1 Å². The molecule has 0 aliphatic carbocycles. The Morgan fingerprint density at radius 1 is 1.10 bits per heavy atom. The van der Waals surface area contributed by atoms with E-state index in [-0.39, 0.29) is 12.4 Å². The number of anilines is 1. The summed E-state index contributed by atoms with van der Waals surface area (Å²) in [5, 5.41) is 41.8. The molecule has 0 saturated carbocycles. The van der Waals surface area contributed by atoms with Crippen molar-refractivity contribution in [2.45, 2.75) is 44.5 Å². The van der Waals surface area contributed by atoms with E-state index < -0.39 is 43.2 Å². The van der Waals surface area contributed by atoms with Gasteiger partial charge in [-0.05, 0) is 37.4 Å². The molecule has 1 aromatic carbocycles. The maximum Gasteiger partial charge on any atom is 0.338 e. The molecule has 0 radical (unpaired) electrons. The van der Waals surface area contributed by atoms with E-state index in [4.69, 9.17) is 9.47 Å². The highest BCUT2D eigenvalue weighted by Gasteiger charge is 2.43. The smallest absolute Gasteiger partial charge is 0.338 e. The highest BCUT2D eigenvalue weighted by molar-refractivity contribution is 5.89. The highest BCUT2D eigenvalue weighted by atomic mass is 35.5. The number of nitrogens with zero attached hydrogens (tertiary/aromatic N) is 1. The monoisotopic (exact) mass is 434 g/mol. The summed E-state index contributed by atoms with van der Waals surface area (Å²) in [6.45, 7) is 6.37. The first-order valence-electron chi connectivity index (χ1n) is 9.47. The lowest BCUT2D eigenvalue weighted by Gasteiger charge is -2.40. The Labute approximate surface area is 176 Å². The van der Waals surface area contributed by atoms with Crippen LogP contribution >= 0.6 is 12.4 Å². The van der Waals surface area contributed by atoms with Crippen LogP contribution in [0.1, 0.15) is 24.2 Å². The second-order valence-electron chi connectivity index (χ2n) is 6.63. The number of hydrogen-bond donors (Lipinski definition) is 5. The molecular formula is C19H31ClN2O7. The second-order valence-corrected chi connectivity index (χ2v) is 6.63. The SMILES string of the molecule is CCN(CC)CCOC(=O)c1ccc(N[C@@H]2O[C@H](CO)[C@@H](O)[C@H](O)[C@H]2O)cc1.Cl. The van der Waals surface area contributed by atoms with E-state index in [1.165, 1.54) is 0 Å². The lowest BCUT2D eigenvalue weighted by molar-refractivity contribution is -0.221. The number of nitrogens with one attached hydrogen (secondary N) is 1. The van der Waals surface area contributed by atoms with Crippen molar-refractivity contribution in [3.8, 4) is 0 Å². The Balaban J connectivity index is 0.00000420. The minimum absolute atomic E-state index is 0. The predicted molar refractivity (Wildman–Crippen MR) is 109 cm³/mol. The van der Waals surface area contributed by atoms with Gasteiger partial charge < -0.3 is 40.1 Å². The molecule has 1 heterocycles. The van der Waals surface area contributed by atoms with Crippen LogP contribution in [0.25, 0.3) is 0 Å². The van der Waals surface area contributed by atoms with Crippen molar-refractivity contribution in [3.63, 3.8) is 0 Å². The molecule has 0 amide bonds. The average molecular weight is 435 g/mol. The van der Waals surface area contributed by atoms with Crippen LogP contribution in [0.5, 0.6) is 0 Å². The third-order valence-corrected chi connectivity index (χ3v) is 4.86. The molecule has 10 heteroatoms. The van der Waals surface area contributed by atoms with Crippen molar-refractivity contribution in [3.05, 3.63) is 29.8 Å². The van der Waals surface area contributed by atoms with Gasteiger partial charge in [0.2, 0.25) is 0 Å². The topological polar surface area (TPSA) is 132 Å². The fraction of sp³-hybridized carbons (Fsp3) is 0.632.